The summed E-state index contributed by atoms with van der Waals surface area (Å²) >= 11 is 6.81. The molecule has 0 atom stereocenters. The number of thiophene rings is 1. The maximum atomic E-state index is 11.8. The second-order valence-electron chi connectivity index (χ2n) is 4.16. The normalized spacial score (nSPS) is 13.1. The Morgan fingerprint density at radius 1 is 1.56 bits per heavy atom. The fourth-order valence-electron chi connectivity index (χ4n) is 0.907. The van der Waals surface area contributed by atoms with Crippen LogP contribution in [0.1, 0.15) is 19.4 Å². The third kappa shape index (κ3) is 3.71. The van der Waals surface area contributed by atoms with Gasteiger partial charge in [-0.2, -0.15) is 0 Å². The van der Waals surface area contributed by atoms with Crippen molar-refractivity contribution in [2.24, 2.45) is 0 Å². The average Bonchev–Trinajstić information content (AvgIpc) is 2.44. The highest BCUT2D eigenvalue weighted by Crippen LogP contribution is 2.29. The highest BCUT2D eigenvalue weighted by Gasteiger charge is 2.21. The molecule has 0 fully saturated rings. The van der Waals surface area contributed by atoms with Crippen LogP contribution in [0.2, 0.25) is 4.34 Å². The third-order valence-corrected chi connectivity index (χ3v) is 5.22. The zero-order chi connectivity index (χ0) is 12.6. The van der Waals surface area contributed by atoms with E-state index in [0.717, 1.165) is 16.9 Å². The molecule has 1 aromatic heterocycles. The molecule has 0 aliphatic carbocycles. The molecule has 0 saturated heterocycles. The molecule has 4 nitrogen and oxygen atoms in total. The molecule has 0 saturated carbocycles. The molecule has 0 radical (unpaired) electrons. The van der Waals surface area contributed by atoms with Gasteiger partial charge >= 0.3 is 0 Å². The van der Waals surface area contributed by atoms with E-state index in [1.807, 2.05) is 0 Å². The van der Waals surface area contributed by atoms with Gasteiger partial charge in [-0.05, 0) is 32.4 Å². The van der Waals surface area contributed by atoms with Crippen molar-refractivity contribution in [1.29, 1.82) is 0 Å². The summed E-state index contributed by atoms with van der Waals surface area (Å²) in [6.07, 6.45) is 0. The van der Waals surface area contributed by atoms with Crippen LogP contribution in [-0.2, 0) is 10.0 Å². The quantitative estimate of drug-likeness (QED) is 0.885. The number of aryl methyl sites for hydroxylation is 1. The standard InChI is InChI=1S/C9H14ClNO3S2/c1-6-4-7(15-8(6)10)16(13,14)11-5-9(2,3)12/h4,11-12H,5H2,1-3H3. The zero-order valence-corrected chi connectivity index (χ0v) is 11.6. The van der Waals surface area contributed by atoms with Gasteiger partial charge in [0.25, 0.3) is 0 Å². The molecule has 0 amide bonds. The molecule has 92 valence electrons. The maximum Gasteiger partial charge on any atom is 0.250 e. The first-order valence-electron chi connectivity index (χ1n) is 4.60. The lowest BCUT2D eigenvalue weighted by Crippen LogP contribution is -2.37. The minimum atomic E-state index is -3.57. The SMILES string of the molecule is Cc1cc(S(=O)(=O)NCC(C)(C)O)sc1Cl. The second-order valence-corrected chi connectivity index (χ2v) is 7.81. The number of hydrogen-bond acceptors (Lipinski definition) is 4. The Balaban J connectivity index is 2.87. The van der Waals surface area contributed by atoms with Crippen LogP contribution in [0.25, 0.3) is 0 Å². The molecule has 1 aromatic rings. The van der Waals surface area contributed by atoms with Crippen molar-refractivity contribution in [3.05, 3.63) is 16.0 Å². The van der Waals surface area contributed by atoms with Crippen molar-refractivity contribution in [3.63, 3.8) is 0 Å². The Bertz CT molecular complexity index is 454. The van der Waals surface area contributed by atoms with E-state index in [9.17, 15) is 13.5 Å². The minimum Gasteiger partial charge on any atom is -0.389 e. The maximum absolute atomic E-state index is 11.8. The summed E-state index contributed by atoms with van der Waals surface area (Å²) in [5.74, 6) is 0. The molecule has 16 heavy (non-hydrogen) atoms. The van der Waals surface area contributed by atoms with Gasteiger partial charge in [0.05, 0.1) is 9.94 Å². The summed E-state index contributed by atoms with van der Waals surface area (Å²) in [5, 5.41) is 9.44. The lowest BCUT2D eigenvalue weighted by atomic mass is 10.1. The molecule has 1 rings (SSSR count). The molecule has 0 aliphatic rings. The minimum absolute atomic E-state index is 0.0378. The molecular formula is C9H14ClNO3S2. The van der Waals surface area contributed by atoms with E-state index in [1.165, 1.54) is 19.9 Å². The Labute approximate surface area is 104 Å². The van der Waals surface area contributed by atoms with Crippen LogP contribution in [0.5, 0.6) is 0 Å². The topological polar surface area (TPSA) is 66.4 Å². The third-order valence-electron chi connectivity index (χ3n) is 1.79. The predicted molar refractivity (Wildman–Crippen MR) is 65.6 cm³/mol. The molecule has 0 aliphatic heterocycles. The molecule has 0 spiro atoms. The van der Waals surface area contributed by atoms with Crippen molar-refractivity contribution in [1.82, 2.24) is 4.72 Å². The van der Waals surface area contributed by atoms with Gasteiger partial charge in [0.15, 0.2) is 0 Å². The van der Waals surface area contributed by atoms with Crippen molar-refractivity contribution < 1.29 is 13.5 Å². The number of rotatable bonds is 4. The average molecular weight is 284 g/mol. The van der Waals surface area contributed by atoms with Gasteiger partial charge in [0.2, 0.25) is 10.0 Å². The Hall–Kier alpha value is -0.140. The smallest absolute Gasteiger partial charge is 0.250 e. The summed E-state index contributed by atoms with van der Waals surface area (Å²) in [6, 6.07) is 1.51. The first kappa shape index (κ1) is 13.9. The lowest BCUT2D eigenvalue weighted by Gasteiger charge is -2.17. The molecule has 7 heteroatoms. The highest BCUT2D eigenvalue weighted by atomic mass is 35.5. The molecule has 0 aromatic carbocycles. The van der Waals surface area contributed by atoms with E-state index in [2.05, 4.69) is 4.72 Å². The first-order chi connectivity index (χ1) is 7.12. The molecular weight excluding hydrogens is 270 g/mol. The predicted octanol–water partition coefficient (Wildman–Crippen LogP) is 1.76. The van der Waals surface area contributed by atoms with Gasteiger partial charge < -0.3 is 5.11 Å². The summed E-state index contributed by atoms with van der Waals surface area (Å²) < 4.78 is 26.5. The van der Waals surface area contributed by atoms with Crippen molar-refractivity contribution in [2.75, 3.05) is 6.54 Å². The first-order valence-corrected chi connectivity index (χ1v) is 7.27. The number of nitrogens with one attached hydrogen (secondary N) is 1. The largest absolute Gasteiger partial charge is 0.389 e. The Morgan fingerprint density at radius 2 is 2.12 bits per heavy atom. The van der Waals surface area contributed by atoms with Crippen LogP contribution >= 0.6 is 22.9 Å². The highest BCUT2D eigenvalue weighted by molar-refractivity contribution is 7.91. The lowest BCUT2D eigenvalue weighted by molar-refractivity contribution is 0.0857. The van der Waals surface area contributed by atoms with Crippen molar-refractivity contribution in [2.45, 2.75) is 30.6 Å². The number of aliphatic hydroxyl groups is 1. The molecule has 0 bridgehead atoms. The summed E-state index contributed by atoms with van der Waals surface area (Å²) in [4.78, 5) is 0. The van der Waals surface area contributed by atoms with Gasteiger partial charge in [0.1, 0.15) is 4.21 Å². The fourth-order valence-corrected chi connectivity index (χ4v) is 3.86. The summed E-state index contributed by atoms with van der Waals surface area (Å²) in [6.45, 7) is 4.77. The zero-order valence-electron chi connectivity index (χ0n) is 9.24. The van der Waals surface area contributed by atoms with Crippen LogP contribution in [-0.4, -0.2) is 25.7 Å². The van der Waals surface area contributed by atoms with E-state index >= 15 is 0 Å². The van der Waals surface area contributed by atoms with Crippen LogP contribution < -0.4 is 4.72 Å². The van der Waals surface area contributed by atoms with Crippen molar-refractivity contribution >= 4 is 33.0 Å². The molecule has 1 heterocycles. The van der Waals surface area contributed by atoms with Crippen molar-refractivity contribution in [3.8, 4) is 0 Å². The monoisotopic (exact) mass is 283 g/mol. The van der Waals surface area contributed by atoms with Crippen LogP contribution in [0.3, 0.4) is 0 Å². The van der Waals surface area contributed by atoms with Crippen LogP contribution in [0, 0.1) is 6.92 Å². The van der Waals surface area contributed by atoms with E-state index < -0.39 is 15.6 Å². The van der Waals surface area contributed by atoms with Gasteiger partial charge in [-0.25, -0.2) is 13.1 Å². The van der Waals surface area contributed by atoms with E-state index in [-0.39, 0.29) is 10.8 Å². The van der Waals surface area contributed by atoms with E-state index in [1.54, 1.807) is 6.92 Å². The Kier molecular flexibility index (Phi) is 4.02. The fraction of sp³-hybridized carbons (Fsp3) is 0.556. The van der Waals surface area contributed by atoms with Gasteiger partial charge in [-0.1, -0.05) is 11.6 Å². The summed E-state index contributed by atoms with van der Waals surface area (Å²) in [5.41, 5.74) is -0.348. The summed E-state index contributed by atoms with van der Waals surface area (Å²) in [7, 11) is -3.57. The Morgan fingerprint density at radius 3 is 2.50 bits per heavy atom. The van der Waals surface area contributed by atoms with E-state index in [0.29, 0.717) is 4.34 Å². The molecule has 0 unspecified atom stereocenters. The van der Waals surface area contributed by atoms with Gasteiger partial charge in [-0.15, -0.1) is 11.3 Å². The number of hydrogen-bond donors (Lipinski definition) is 2. The molecule has 2 N–H and O–H groups in total. The van der Waals surface area contributed by atoms with Crippen LogP contribution in [0.15, 0.2) is 10.3 Å². The number of sulfonamides is 1. The second kappa shape index (κ2) is 4.62. The van der Waals surface area contributed by atoms with Gasteiger partial charge in [0, 0.05) is 6.54 Å². The van der Waals surface area contributed by atoms with Crippen LogP contribution in [0.4, 0.5) is 0 Å². The van der Waals surface area contributed by atoms with E-state index in [4.69, 9.17) is 11.6 Å². The van der Waals surface area contributed by atoms with Gasteiger partial charge in [-0.3, -0.25) is 0 Å². The number of halogens is 1.